The fourth-order valence-corrected chi connectivity index (χ4v) is 2.37. The van der Waals surface area contributed by atoms with Crippen LogP contribution in [-0.4, -0.2) is 20.6 Å². The van der Waals surface area contributed by atoms with E-state index in [1.807, 2.05) is 4.57 Å². The highest BCUT2D eigenvalue weighted by Gasteiger charge is 2.05. The number of hydrogen-bond donors (Lipinski definition) is 1. The lowest BCUT2D eigenvalue weighted by molar-refractivity contribution is 0.0691. The Morgan fingerprint density at radius 1 is 1.05 bits per heavy atom. The third kappa shape index (κ3) is 7.31. The van der Waals surface area contributed by atoms with Crippen LogP contribution in [0.3, 0.4) is 0 Å². The Labute approximate surface area is 122 Å². The maximum Gasteiger partial charge on any atom is 0.356 e. The molecule has 0 saturated heterocycles. The molecule has 0 amide bonds. The van der Waals surface area contributed by atoms with Gasteiger partial charge in [-0.05, 0) is 6.42 Å². The number of aromatic carboxylic acids is 1. The van der Waals surface area contributed by atoms with Crippen molar-refractivity contribution in [2.45, 2.75) is 77.7 Å². The number of aryl methyl sites for hydroxylation is 1. The average Bonchev–Trinajstić information content (AvgIpc) is 2.90. The first kappa shape index (κ1) is 16.7. The number of carboxylic acids is 1. The van der Waals surface area contributed by atoms with E-state index in [1.165, 1.54) is 57.8 Å². The molecule has 1 rings (SSSR count). The second kappa shape index (κ2) is 10.5. The molecule has 0 fully saturated rings. The van der Waals surface area contributed by atoms with Crippen molar-refractivity contribution in [3.63, 3.8) is 0 Å². The lowest BCUT2D eigenvalue weighted by Gasteiger charge is -2.03. The van der Waals surface area contributed by atoms with E-state index < -0.39 is 5.97 Å². The van der Waals surface area contributed by atoms with Crippen molar-refractivity contribution < 1.29 is 9.90 Å². The number of carboxylic acid groups (broad SMARTS) is 1. The molecule has 0 aromatic carbocycles. The van der Waals surface area contributed by atoms with E-state index in [0.29, 0.717) is 0 Å². The minimum Gasteiger partial charge on any atom is -0.476 e. The summed E-state index contributed by atoms with van der Waals surface area (Å²) in [4.78, 5) is 14.5. The van der Waals surface area contributed by atoms with Gasteiger partial charge in [0.1, 0.15) is 0 Å². The fraction of sp³-hybridized carbons (Fsp3) is 0.750. The van der Waals surface area contributed by atoms with E-state index >= 15 is 0 Å². The Kier molecular flexibility index (Phi) is 8.76. The van der Waals surface area contributed by atoms with Gasteiger partial charge in [0, 0.05) is 12.7 Å². The SMILES string of the molecule is CCCCCCCCCCCCn1cnc(C(=O)O)c1. The van der Waals surface area contributed by atoms with Crippen molar-refractivity contribution in [2.75, 3.05) is 0 Å². The van der Waals surface area contributed by atoms with Crippen LogP contribution < -0.4 is 0 Å². The molecule has 1 N–H and O–H groups in total. The van der Waals surface area contributed by atoms with Crippen molar-refractivity contribution in [2.24, 2.45) is 0 Å². The van der Waals surface area contributed by atoms with Crippen LogP contribution in [0, 0.1) is 0 Å². The van der Waals surface area contributed by atoms with Crippen LogP contribution in [0.4, 0.5) is 0 Å². The zero-order valence-corrected chi connectivity index (χ0v) is 12.7. The molecule has 4 heteroatoms. The van der Waals surface area contributed by atoms with Crippen LogP contribution in [0.1, 0.15) is 81.6 Å². The highest BCUT2D eigenvalue weighted by atomic mass is 16.4. The zero-order chi connectivity index (χ0) is 14.6. The van der Waals surface area contributed by atoms with Gasteiger partial charge < -0.3 is 9.67 Å². The number of imidazole rings is 1. The van der Waals surface area contributed by atoms with Gasteiger partial charge in [0.15, 0.2) is 5.69 Å². The van der Waals surface area contributed by atoms with Gasteiger partial charge in [0.25, 0.3) is 0 Å². The first-order chi connectivity index (χ1) is 9.74. The van der Waals surface area contributed by atoms with Crippen LogP contribution in [0.25, 0.3) is 0 Å². The van der Waals surface area contributed by atoms with Gasteiger partial charge in [-0.25, -0.2) is 9.78 Å². The quantitative estimate of drug-likeness (QED) is 0.573. The van der Waals surface area contributed by atoms with Crippen LogP contribution in [0.5, 0.6) is 0 Å². The minimum absolute atomic E-state index is 0.136. The van der Waals surface area contributed by atoms with Crippen molar-refractivity contribution >= 4 is 5.97 Å². The standard InChI is InChI=1S/C16H28N2O2/c1-2-3-4-5-6-7-8-9-10-11-12-18-13-15(16(19)20)17-14-18/h13-14H,2-12H2,1H3,(H,19,20). The third-order valence-corrected chi connectivity index (χ3v) is 3.62. The van der Waals surface area contributed by atoms with Gasteiger partial charge in [-0.1, -0.05) is 64.7 Å². The summed E-state index contributed by atoms with van der Waals surface area (Å²) in [6.07, 6.45) is 16.4. The summed E-state index contributed by atoms with van der Waals surface area (Å²) in [6.45, 7) is 3.12. The molecule has 114 valence electrons. The van der Waals surface area contributed by atoms with E-state index in [1.54, 1.807) is 12.5 Å². The Morgan fingerprint density at radius 3 is 2.10 bits per heavy atom. The monoisotopic (exact) mass is 280 g/mol. The van der Waals surface area contributed by atoms with Crippen molar-refractivity contribution in [3.8, 4) is 0 Å². The van der Waals surface area contributed by atoms with Crippen LogP contribution >= 0.6 is 0 Å². The van der Waals surface area contributed by atoms with Crippen molar-refractivity contribution in [1.29, 1.82) is 0 Å². The zero-order valence-electron chi connectivity index (χ0n) is 12.7. The Bertz CT molecular complexity index is 374. The number of carbonyl (C=O) groups is 1. The third-order valence-electron chi connectivity index (χ3n) is 3.62. The molecule has 4 nitrogen and oxygen atoms in total. The van der Waals surface area contributed by atoms with E-state index in [9.17, 15) is 4.79 Å². The second-order valence-electron chi connectivity index (χ2n) is 5.48. The largest absolute Gasteiger partial charge is 0.476 e. The average molecular weight is 280 g/mol. The normalized spacial score (nSPS) is 10.8. The molecular weight excluding hydrogens is 252 g/mol. The highest BCUT2D eigenvalue weighted by Crippen LogP contribution is 2.11. The molecule has 0 aliphatic carbocycles. The van der Waals surface area contributed by atoms with Gasteiger partial charge in [-0.3, -0.25) is 0 Å². The van der Waals surface area contributed by atoms with Crippen LogP contribution in [0.2, 0.25) is 0 Å². The molecule has 0 aliphatic heterocycles. The molecule has 20 heavy (non-hydrogen) atoms. The van der Waals surface area contributed by atoms with Crippen LogP contribution in [-0.2, 0) is 6.54 Å². The number of rotatable bonds is 12. The van der Waals surface area contributed by atoms with Crippen molar-refractivity contribution in [3.05, 3.63) is 18.2 Å². The van der Waals surface area contributed by atoms with Gasteiger partial charge in [-0.2, -0.15) is 0 Å². The highest BCUT2D eigenvalue weighted by molar-refractivity contribution is 5.84. The molecule has 1 aromatic rings. The maximum absolute atomic E-state index is 10.7. The Balaban J connectivity index is 1.93. The molecular formula is C16H28N2O2. The summed E-state index contributed by atoms with van der Waals surface area (Å²) < 4.78 is 1.87. The smallest absolute Gasteiger partial charge is 0.356 e. The molecule has 0 aliphatic rings. The second-order valence-corrected chi connectivity index (χ2v) is 5.48. The van der Waals surface area contributed by atoms with Crippen LogP contribution in [0.15, 0.2) is 12.5 Å². The van der Waals surface area contributed by atoms with E-state index in [4.69, 9.17) is 5.11 Å². The molecule has 0 saturated carbocycles. The number of hydrogen-bond acceptors (Lipinski definition) is 2. The van der Waals surface area contributed by atoms with Gasteiger partial charge in [-0.15, -0.1) is 0 Å². The van der Waals surface area contributed by atoms with E-state index in [2.05, 4.69) is 11.9 Å². The van der Waals surface area contributed by atoms with E-state index in [-0.39, 0.29) is 5.69 Å². The molecule has 0 atom stereocenters. The molecule has 0 bridgehead atoms. The lowest BCUT2D eigenvalue weighted by atomic mass is 10.1. The molecule has 0 radical (unpaired) electrons. The summed E-state index contributed by atoms with van der Waals surface area (Å²) in [5.74, 6) is -0.952. The predicted octanol–water partition coefficient (Wildman–Crippen LogP) is 4.50. The number of aromatic nitrogens is 2. The van der Waals surface area contributed by atoms with E-state index in [0.717, 1.165) is 13.0 Å². The summed E-state index contributed by atoms with van der Waals surface area (Å²) in [7, 11) is 0. The molecule has 0 spiro atoms. The van der Waals surface area contributed by atoms with Gasteiger partial charge in [0.05, 0.1) is 6.33 Å². The van der Waals surface area contributed by atoms with Crippen molar-refractivity contribution in [1.82, 2.24) is 9.55 Å². The lowest BCUT2D eigenvalue weighted by Crippen LogP contribution is -1.97. The molecule has 1 aromatic heterocycles. The number of nitrogens with zero attached hydrogens (tertiary/aromatic N) is 2. The molecule has 1 heterocycles. The van der Waals surface area contributed by atoms with Gasteiger partial charge >= 0.3 is 5.97 Å². The summed E-state index contributed by atoms with van der Waals surface area (Å²) in [5.41, 5.74) is 0.136. The Morgan fingerprint density at radius 2 is 1.60 bits per heavy atom. The maximum atomic E-state index is 10.7. The Hall–Kier alpha value is -1.32. The number of unbranched alkanes of at least 4 members (excludes halogenated alkanes) is 9. The first-order valence-corrected chi connectivity index (χ1v) is 7.99. The summed E-state index contributed by atoms with van der Waals surface area (Å²) in [5, 5.41) is 8.77. The summed E-state index contributed by atoms with van der Waals surface area (Å²) >= 11 is 0. The molecule has 0 unspecified atom stereocenters. The summed E-state index contributed by atoms with van der Waals surface area (Å²) in [6, 6.07) is 0. The first-order valence-electron chi connectivity index (χ1n) is 7.99. The topological polar surface area (TPSA) is 55.1 Å². The predicted molar refractivity (Wildman–Crippen MR) is 81.0 cm³/mol. The van der Waals surface area contributed by atoms with Gasteiger partial charge in [0.2, 0.25) is 0 Å². The minimum atomic E-state index is -0.952. The fourth-order valence-electron chi connectivity index (χ4n) is 2.37.